The Labute approximate surface area is 150 Å². The molecule has 0 aliphatic heterocycles. The Kier molecular flexibility index (Phi) is 5.11. The quantitative estimate of drug-likeness (QED) is 0.626. The van der Waals surface area contributed by atoms with Crippen molar-refractivity contribution in [2.45, 2.75) is 33.0 Å². The van der Waals surface area contributed by atoms with Gasteiger partial charge >= 0.3 is 6.18 Å². The van der Waals surface area contributed by atoms with E-state index in [0.717, 1.165) is 29.7 Å². The van der Waals surface area contributed by atoms with Crippen molar-refractivity contribution in [1.29, 1.82) is 0 Å². The summed E-state index contributed by atoms with van der Waals surface area (Å²) in [5.74, 6) is 1.23. The van der Waals surface area contributed by atoms with Gasteiger partial charge in [0.25, 0.3) is 0 Å². The first-order chi connectivity index (χ1) is 12.3. The van der Waals surface area contributed by atoms with E-state index >= 15 is 0 Å². The van der Waals surface area contributed by atoms with E-state index in [4.69, 9.17) is 0 Å². The van der Waals surface area contributed by atoms with E-state index < -0.39 is 11.7 Å². The molecule has 6 heteroatoms. The third kappa shape index (κ3) is 4.31. The molecular weight excluding hydrogens is 339 g/mol. The van der Waals surface area contributed by atoms with E-state index in [2.05, 4.69) is 23.8 Å². The first-order valence-electron chi connectivity index (χ1n) is 8.46. The van der Waals surface area contributed by atoms with Crippen molar-refractivity contribution in [3.8, 4) is 11.4 Å². The summed E-state index contributed by atoms with van der Waals surface area (Å²) in [7, 11) is 0. The maximum absolute atomic E-state index is 13.0. The van der Waals surface area contributed by atoms with Crippen LogP contribution in [-0.4, -0.2) is 14.5 Å². The number of hydrogen-bond donors (Lipinski definition) is 0. The Morgan fingerprint density at radius 3 is 2.50 bits per heavy atom. The number of hydrogen-bond acceptors (Lipinski definition) is 2. The lowest BCUT2D eigenvalue weighted by Crippen LogP contribution is -2.09. The molecule has 0 atom stereocenters. The Hall–Kier alpha value is -2.63. The second-order valence-electron chi connectivity index (χ2n) is 6.68. The van der Waals surface area contributed by atoms with Crippen LogP contribution in [0.25, 0.3) is 11.4 Å². The zero-order valence-electron chi connectivity index (χ0n) is 14.7. The zero-order valence-corrected chi connectivity index (χ0v) is 14.7. The van der Waals surface area contributed by atoms with Gasteiger partial charge in [0.1, 0.15) is 11.5 Å². The fourth-order valence-corrected chi connectivity index (χ4v) is 2.80. The largest absolute Gasteiger partial charge is 0.416 e. The minimum atomic E-state index is -4.34. The van der Waals surface area contributed by atoms with Gasteiger partial charge in [0.2, 0.25) is 0 Å². The highest BCUT2D eigenvalue weighted by Gasteiger charge is 2.30. The smallest absolute Gasteiger partial charge is 0.330 e. The lowest BCUT2D eigenvalue weighted by Gasteiger charge is -2.12. The zero-order chi connectivity index (χ0) is 18.7. The number of imidazole rings is 1. The van der Waals surface area contributed by atoms with Crippen molar-refractivity contribution < 1.29 is 13.2 Å². The summed E-state index contributed by atoms with van der Waals surface area (Å²) in [6, 6.07) is 11.0. The molecule has 0 amide bonds. The molecule has 0 radical (unpaired) electrons. The monoisotopic (exact) mass is 359 g/mol. The summed E-state index contributed by atoms with van der Waals surface area (Å²) in [5.41, 5.74) is 1.44. The van der Waals surface area contributed by atoms with Gasteiger partial charge in [-0.15, -0.1) is 0 Å². The van der Waals surface area contributed by atoms with Crippen LogP contribution in [-0.2, 0) is 19.1 Å². The Balaban J connectivity index is 1.95. The van der Waals surface area contributed by atoms with Gasteiger partial charge in [-0.25, -0.2) is 4.98 Å². The van der Waals surface area contributed by atoms with Gasteiger partial charge in [-0.1, -0.05) is 32.0 Å². The summed E-state index contributed by atoms with van der Waals surface area (Å²) < 4.78 is 40.8. The van der Waals surface area contributed by atoms with Gasteiger partial charge in [-0.2, -0.15) is 13.2 Å². The normalized spacial score (nSPS) is 11.9. The van der Waals surface area contributed by atoms with Crippen molar-refractivity contribution in [2.24, 2.45) is 5.92 Å². The predicted octanol–water partition coefficient (Wildman–Crippen LogP) is 5.21. The highest BCUT2D eigenvalue weighted by molar-refractivity contribution is 5.53. The predicted molar refractivity (Wildman–Crippen MR) is 94.5 cm³/mol. The Morgan fingerprint density at radius 2 is 1.85 bits per heavy atom. The van der Waals surface area contributed by atoms with Gasteiger partial charge < -0.3 is 4.57 Å². The highest BCUT2D eigenvalue weighted by Crippen LogP contribution is 2.30. The standard InChI is InChI=1S/C20H20F3N3/c1-14(2)10-19-25-18(17-8-3-4-9-24-17)13-26(19)12-15-6-5-7-16(11-15)20(21,22)23/h3-9,11,13-14H,10,12H2,1-2H3. The lowest BCUT2D eigenvalue weighted by atomic mass is 10.1. The van der Waals surface area contributed by atoms with Gasteiger partial charge in [-0.05, 0) is 35.7 Å². The average Bonchev–Trinajstić information content (AvgIpc) is 2.97. The molecular formula is C20H20F3N3. The molecule has 1 aromatic carbocycles. The first-order valence-corrected chi connectivity index (χ1v) is 8.46. The van der Waals surface area contributed by atoms with Crippen LogP contribution in [0.2, 0.25) is 0 Å². The number of rotatable bonds is 5. The molecule has 0 aliphatic carbocycles. The Morgan fingerprint density at radius 1 is 1.04 bits per heavy atom. The highest BCUT2D eigenvalue weighted by atomic mass is 19.4. The average molecular weight is 359 g/mol. The molecule has 26 heavy (non-hydrogen) atoms. The number of aromatic nitrogens is 3. The summed E-state index contributed by atoms with van der Waals surface area (Å²) in [6.45, 7) is 4.51. The number of halogens is 3. The van der Waals surface area contributed by atoms with Crippen LogP contribution in [0.5, 0.6) is 0 Å². The van der Waals surface area contributed by atoms with Crippen molar-refractivity contribution in [1.82, 2.24) is 14.5 Å². The molecule has 2 aromatic heterocycles. The number of pyridine rings is 1. The summed E-state index contributed by atoms with van der Waals surface area (Å²) in [6.07, 6.45) is -0.0415. The van der Waals surface area contributed by atoms with Crippen molar-refractivity contribution >= 4 is 0 Å². The van der Waals surface area contributed by atoms with E-state index in [-0.39, 0.29) is 0 Å². The fraction of sp³-hybridized carbons (Fsp3) is 0.300. The maximum atomic E-state index is 13.0. The van der Waals surface area contributed by atoms with Crippen molar-refractivity contribution in [3.05, 3.63) is 71.8 Å². The molecule has 0 spiro atoms. The van der Waals surface area contributed by atoms with E-state index in [9.17, 15) is 13.2 Å². The molecule has 0 bridgehead atoms. The topological polar surface area (TPSA) is 30.7 Å². The molecule has 3 nitrogen and oxygen atoms in total. The molecule has 0 aliphatic rings. The van der Waals surface area contributed by atoms with Crippen LogP contribution in [0.1, 0.15) is 30.8 Å². The SMILES string of the molecule is CC(C)Cc1nc(-c2ccccn2)cn1Cc1cccc(C(F)(F)F)c1. The number of benzene rings is 1. The summed E-state index contributed by atoms with van der Waals surface area (Å²) in [4.78, 5) is 8.98. The van der Waals surface area contributed by atoms with Gasteiger partial charge in [0.15, 0.2) is 0 Å². The van der Waals surface area contributed by atoms with Gasteiger partial charge in [0, 0.05) is 25.4 Å². The van der Waals surface area contributed by atoms with Gasteiger partial charge in [0.05, 0.1) is 11.3 Å². The minimum Gasteiger partial charge on any atom is -0.330 e. The van der Waals surface area contributed by atoms with E-state index in [1.807, 2.05) is 29.0 Å². The van der Waals surface area contributed by atoms with Crippen LogP contribution in [0.15, 0.2) is 54.9 Å². The molecule has 3 rings (SSSR count). The van der Waals surface area contributed by atoms with Gasteiger partial charge in [-0.3, -0.25) is 4.98 Å². The van der Waals surface area contributed by atoms with Crippen molar-refractivity contribution in [3.63, 3.8) is 0 Å². The number of alkyl halides is 3. The van der Waals surface area contributed by atoms with Crippen LogP contribution in [0, 0.1) is 5.92 Å². The lowest BCUT2D eigenvalue weighted by molar-refractivity contribution is -0.137. The second kappa shape index (κ2) is 7.32. The first kappa shape index (κ1) is 18.2. The van der Waals surface area contributed by atoms with Crippen LogP contribution < -0.4 is 0 Å². The molecule has 0 fully saturated rings. The maximum Gasteiger partial charge on any atom is 0.416 e. The van der Waals surface area contributed by atoms with Crippen LogP contribution >= 0.6 is 0 Å². The molecule has 0 unspecified atom stereocenters. The molecule has 2 heterocycles. The fourth-order valence-electron chi connectivity index (χ4n) is 2.80. The molecule has 136 valence electrons. The Bertz CT molecular complexity index is 868. The minimum absolute atomic E-state index is 0.339. The summed E-state index contributed by atoms with van der Waals surface area (Å²) >= 11 is 0. The van der Waals surface area contributed by atoms with Crippen molar-refractivity contribution in [2.75, 3.05) is 0 Å². The molecule has 0 saturated carbocycles. The van der Waals surface area contributed by atoms with Crippen LogP contribution in [0.4, 0.5) is 13.2 Å². The van der Waals surface area contributed by atoms with E-state index in [1.165, 1.54) is 12.1 Å². The molecule has 0 N–H and O–H groups in total. The van der Waals surface area contributed by atoms with E-state index in [0.29, 0.717) is 18.0 Å². The third-order valence-corrected chi connectivity index (χ3v) is 3.98. The van der Waals surface area contributed by atoms with E-state index in [1.54, 1.807) is 12.3 Å². The van der Waals surface area contributed by atoms with Crippen LogP contribution in [0.3, 0.4) is 0 Å². The molecule has 0 saturated heterocycles. The number of nitrogens with zero attached hydrogens (tertiary/aromatic N) is 3. The third-order valence-electron chi connectivity index (χ3n) is 3.98. The molecule has 3 aromatic rings. The summed E-state index contributed by atoms with van der Waals surface area (Å²) in [5, 5.41) is 0. The second-order valence-corrected chi connectivity index (χ2v) is 6.68.